The first-order valence-corrected chi connectivity index (χ1v) is 6.01. The van der Waals surface area contributed by atoms with Crippen LogP contribution < -0.4 is 10.6 Å². The van der Waals surface area contributed by atoms with Crippen molar-refractivity contribution in [3.63, 3.8) is 0 Å². The third-order valence-corrected chi connectivity index (χ3v) is 2.95. The van der Waals surface area contributed by atoms with Crippen LogP contribution in [-0.4, -0.2) is 30.0 Å². The van der Waals surface area contributed by atoms with Crippen LogP contribution in [0, 0.1) is 0 Å². The second-order valence-electron chi connectivity index (χ2n) is 4.45. The van der Waals surface area contributed by atoms with Crippen molar-refractivity contribution in [2.45, 2.75) is 25.1 Å². The number of hydrogen-bond acceptors (Lipinski definition) is 3. The van der Waals surface area contributed by atoms with Gasteiger partial charge in [0.2, 0.25) is 0 Å². The average Bonchev–Trinajstić information content (AvgIpc) is 2.39. The van der Waals surface area contributed by atoms with Gasteiger partial charge in [-0.05, 0) is 31.5 Å². The van der Waals surface area contributed by atoms with Crippen LogP contribution in [0.3, 0.4) is 0 Å². The first kappa shape index (κ1) is 19.9. The highest BCUT2D eigenvalue weighted by Gasteiger charge is 2.32. The third-order valence-electron chi connectivity index (χ3n) is 2.95. The molecule has 0 spiro atoms. The van der Waals surface area contributed by atoms with E-state index in [0.717, 1.165) is 37.7 Å². The van der Waals surface area contributed by atoms with Gasteiger partial charge in [0.15, 0.2) is 0 Å². The number of nitrogens with one attached hydrogen (secondary N) is 2. The van der Waals surface area contributed by atoms with Crippen LogP contribution in [0.15, 0.2) is 18.3 Å². The molecule has 1 atom stereocenters. The molecule has 120 valence electrons. The summed E-state index contributed by atoms with van der Waals surface area (Å²) in [7, 11) is 0. The van der Waals surface area contributed by atoms with E-state index in [9.17, 15) is 18.0 Å². The van der Waals surface area contributed by atoms with E-state index in [0.29, 0.717) is 6.54 Å². The molecule has 1 aromatic rings. The topological polar surface area (TPSA) is 54.0 Å². The number of carbonyl (C=O) groups excluding carboxylic acids is 1. The van der Waals surface area contributed by atoms with Crippen molar-refractivity contribution in [1.82, 2.24) is 15.6 Å². The molecule has 0 radical (unpaired) electrons. The van der Waals surface area contributed by atoms with Gasteiger partial charge in [0.05, 0.1) is 5.56 Å². The van der Waals surface area contributed by atoms with Gasteiger partial charge in [-0.2, -0.15) is 13.2 Å². The zero-order valence-corrected chi connectivity index (χ0v) is 12.6. The quantitative estimate of drug-likeness (QED) is 0.865. The Morgan fingerprint density at radius 1 is 1.33 bits per heavy atom. The molecule has 4 nitrogen and oxygen atoms in total. The van der Waals surface area contributed by atoms with Crippen LogP contribution in [-0.2, 0) is 6.18 Å². The molecule has 1 aromatic heterocycles. The molecule has 0 aliphatic carbocycles. The summed E-state index contributed by atoms with van der Waals surface area (Å²) in [5.74, 6) is -0.394. The van der Waals surface area contributed by atoms with Crippen LogP contribution in [0.2, 0.25) is 0 Å². The molecule has 9 heteroatoms. The molecule has 1 aliphatic heterocycles. The molecular formula is C12H16Cl2F3N3O. The highest BCUT2D eigenvalue weighted by molar-refractivity contribution is 5.94. The summed E-state index contributed by atoms with van der Waals surface area (Å²) in [4.78, 5) is 15.1. The molecule has 0 aromatic carbocycles. The lowest BCUT2D eigenvalue weighted by Gasteiger charge is -2.23. The summed E-state index contributed by atoms with van der Waals surface area (Å²) in [6.07, 6.45) is -1.69. The van der Waals surface area contributed by atoms with Gasteiger partial charge in [0.25, 0.3) is 5.91 Å². The molecule has 2 heterocycles. The number of alkyl halides is 3. The zero-order chi connectivity index (χ0) is 13.9. The fraction of sp³-hybridized carbons (Fsp3) is 0.500. The third kappa shape index (κ3) is 5.68. The zero-order valence-electron chi connectivity index (χ0n) is 10.9. The molecular weight excluding hydrogens is 330 g/mol. The first-order chi connectivity index (χ1) is 8.97. The van der Waals surface area contributed by atoms with E-state index in [1.165, 1.54) is 0 Å². The minimum absolute atomic E-state index is 0. The number of carbonyl (C=O) groups is 1. The van der Waals surface area contributed by atoms with E-state index < -0.39 is 17.8 Å². The van der Waals surface area contributed by atoms with Gasteiger partial charge >= 0.3 is 6.18 Å². The van der Waals surface area contributed by atoms with Crippen LogP contribution in [0.5, 0.6) is 0 Å². The summed E-state index contributed by atoms with van der Waals surface area (Å²) >= 11 is 0. The summed E-state index contributed by atoms with van der Waals surface area (Å²) in [5.41, 5.74) is -0.859. The van der Waals surface area contributed by atoms with Crippen molar-refractivity contribution in [2.75, 3.05) is 13.1 Å². The maximum atomic E-state index is 12.3. The number of nitrogens with zero attached hydrogens (tertiary/aromatic N) is 1. The molecule has 1 fully saturated rings. The molecule has 0 bridgehead atoms. The Morgan fingerprint density at radius 3 is 2.52 bits per heavy atom. The number of aromatic nitrogens is 1. The minimum Gasteiger partial charge on any atom is -0.348 e. The van der Waals surface area contributed by atoms with Crippen molar-refractivity contribution in [3.05, 3.63) is 29.6 Å². The number of hydrogen-bond donors (Lipinski definition) is 2. The standard InChI is InChI=1S/C12H14F3N3O.2ClH/c13-12(14,15)10-4-3-8(6-17-10)11(19)18-9-2-1-5-16-7-9;;/h3-4,6,9,16H,1-2,5,7H2,(H,18,19);2*1H. The summed E-state index contributed by atoms with van der Waals surface area (Å²) in [6.45, 7) is 1.61. The first-order valence-electron chi connectivity index (χ1n) is 6.01. The monoisotopic (exact) mass is 345 g/mol. The highest BCUT2D eigenvalue weighted by atomic mass is 35.5. The fourth-order valence-electron chi connectivity index (χ4n) is 1.94. The molecule has 1 aliphatic rings. The van der Waals surface area contributed by atoms with Gasteiger partial charge in [-0.1, -0.05) is 0 Å². The van der Waals surface area contributed by atoms with E-state index in [1.807, 2.05) is 0 Å². The van der Waals surface area contributed by atoms with Crippen molar-refractivity contribution in [2.24, 2.45) is 0 Å². The number of halogens is 5. The minimum atomic E-state index is -4.48. The lowest BCUT2D eigenvalue weighted by Crippen LogP contribution is -2.45. The molecule has 1 saturated heterocycles. The SMILES string of the molecule is Cl.Cl.O=C(NC1CCCNC1)c1ccc(C(F)(F)F)nc1. The Labute approximate surface area is 132 Å². The van der Waals surface area contributed by atoms with E-state index >= 15 is 0 Å². The number of piperidine rings is 1. The van der Waals surface area contributed by atoms with Crippen molar-refractivity contribution < 1.29 is 18.0 Å². The maximum absolute atomic E-state index is 12.3. The van der Waals surface area contributed by atoms with E-state index in [4.69, 9.17) is 0 Å². The van der Waals surface area contributed by atoms with Crippen LogP contribution in [0.25, 0.3) is 0 Å². The van der Waals surface area contributed by atoms with E-state index in [1.54, 1.807) is 0 Å². The van der Waals surface area contributed by atoms with Crippen molar-refractivity contribution in [3.8, 4) is 0 Å². The van der Waals surface area contributed by atoms with Crippen LogP contribution in [0.1, 0.15) is 28.9 Å². The summed E-state index contributed by atoms with van der Waals surface area (Å²) < 4.78 is 37.0. The van der Waals surface area contributed by atoms with Gasteiger partial charge in [-0.3, -0.25) is 9.78 Å². The normalized spacial score (nSPS) is 18.1. The summed E-state index contributed by atoms with van der Waals surface area (Å²) in [5, 5.41) is 5.91. The Kier molecular flexibility index (Phi) is 7.99. The van der Waals surface area contributed by atoms with Gasteiger partial charge in [-0.25, -0.2) is 0 Å². The number of pyridine rings is 1. The lowest BCUT2D eigenvalue weighted by atomic mass is 10.1. The fourth-order valence-corrected chi connectivity index (χ4v) is 1.94. The highest BCUT2D eigenvalue weighted by Crippen LogP contribution is 2.27. The van der Waals surface area contributed by atoms with Gasteiger partial charge in [0.1, 0.15) is 5.69 Å². The summed E-state index contributed by atoms with van der Waals surface area (Å²) in [6, 6.07) is 1.97. The van der Waals surface area contributed by atoms with Crippen LogP contribution >= 0.6 is 24.8 Å². The van der Waals surface area contributed by atoms with Crippen LogP contribution in [0.4, 0.5) is 13.2 Å². The number of rotatable bonds is 2. The Morgan fingerprint density at radius 2 is 2.05 bits per heavy atom. The van der Waals surface area contributed by atoms with Gasteiger partial charge < -0.3 is 10.6 Å². The Balaban J connectivity index is 0.00000200. The molecule has 0 saturated carbocycles. The molecule has 1 unspecified atom stereocenters. The van der Waals surface area contributed by atoms with Crippen molar-refractivity contribution >= 4 is 30.7 Å². The number of amides is 1. The Bertz CT molecular complexity index is 448. The molecule has 2 N–H and O–H groups in total. The van der Waals surface area contributed by atoms with Gasteiger partial charge in [0, 0.05) is 18.8 Å². The Hall–Kier alpha value is -1.05. The van der Waals surface area contributed by atoms with Gasteiger partial charge in [-0.15, -0.1) is 24.8 Å². The molecule has 1 amide bonds. The lowest BCUT2D eigenvalue weighted by molar-refractivity contribution is -0.141. The predicted octanol–water partition coefficient (Wildman–Crippen LogP) is 2.43. The predicted molar refractivity (Wildman–Crippen MR) is 77.1 cm³/mol. The average molecular weight is 346 g/mol. The van der Waals surface area contributed by atoms with Crippen molar-refractivity contribution in [1.29, 1.82) is 0 Å². The smallest absolute Gasteiger partial charge is 0.348 e. The van der Waals surface area contributed by atoms with E-state index in [-0.39, 0.29) is 36.4 Å². The second-order valence-corrected chi connectivity index (χ2v) is 4.45. The molecule has 21 heavy (non-hydrogen) atoms. The molecule has 2 rings (SSSR count). The van der Waals surface area contributed by atoms with E-state index in [2.05, 4.69) is 15.6 Å². The second kappa shape index (κ2) is 8.41. The maximum Gasteiger partial charge on any atom is 0.433 e. The largest absolute Gasteiger partial charge is 0.433 e.